The Labute approximate surface area is 236 Å². The van der Waals surface area contributed by atoms with E-state index in [2.05, 4.69) is 39.3 Å². The summed E-state index contributed by atoms with van der Waals surface area (Å²) in [6.07, 6.45) is 5.37. The van der Waals surface area contributed by atoms with E-state index >= 15 is 0 Å². The van der Waals surface area contributed by atoms with Crippen LogP contribution >= 0.6 is 0 Å². The molecule has 210 valence electrons. The van der Waals surface area contributed by atoms with Gasteiger partial charge in [-0.3, -0.25) is 14.6 Å². The smallest absolute Gasteiger partial charge is 0.263 e. The number of halogens is 2. The van der Waals surface area contributed by atoms with Crippen molar-refractivity contribution in [3.05, 3.63) is 99.6 Å². The molecule has 1 fully saturated rings. The lowest BCUT2D eigenvalue weighted by atomic mass is 10.1. The summed E-state index contributed by atoms with van der Waals surface area (Å²) in [5, 5.41) is 6.14. The van der Waals surface area contributed by atoms with Crippen LogP contribution in [0.15, 0.2) is 65.7 Å². The number of hydrogen-bond donors (Lipinski definition) is 2. The van der Waals surface area contributed by atoms with Crippen molar-refractivity contribution in [2.45, 2.75) is 32.4 Å². The lowest BCUT2D eigenvalue weighted by Gasteiger charge is -2.31. The number of rotatable bonds is 7. The Hall–Kier alpha value is -4.62. The zero-order valence-electron chi connectivity index (χ0n) is 22.7. The zero-order chi connectivity index (χ0) is 28.8. The second-order valence-electron chi connectivity index (χ2n) is 9.90. The minimum Gasteiger partial charge on any atom is -0.366 e. The van der Waals surface area contributed by atoms with Crippen molar-refractivity contribution >= 4 is 22.8 Å². The van der Waals surface area contributed by atoms with E-state index in [1.807, 2.05) is 18.2 Å². The predicted octanol–water partition coefficient (Wildman–Crippen LogP) is 3.80. The minimum absolute atomic E-state index is 0.00281. The van der Waals surface area contributed by atoms with Gasteiger partial charge in [0.25, 0.3) is 11.5 Å². The van der Waals surface area contributed by atoms with Crippen molar-refractivity contribution in [2.75, 3.05) is 31.5 Å². The predicted molar refractivity (Wildman–Crippen MR) is 154 cm³/mol. The van der Waals surface area contributed by atoms with Crippen LogP contribution in [-0.2, 0) is 6.54 Å². The molecule has 2 N–H and O–H groups in total. The number of anilines is 1. The molecular weight excluding hydrogens is 526 g/mol. The number of aromatic nitrogens is 3. The highest BCUT2D eigenvalue weighted by Crippen LogP contribution is 2.18. The summed E-state index contributed by atoms with van der Waals surface area (Å²) in [7, 11) is 0. The summed E-state index contributed by atoms with van der Waals surface area (Å²) < 4.78 is 28.0. The van der Waals surface area contributed by atoms with Crippen LogP contribution in [0.25, 0.3) is 11.0 Å². The van der Waals surface area contributed by atoms with Gasteiger partial charge in [0.2, 0.25) is 0 Å². The van der Waals surface area contributed by atoms with E-state index in [4.69, 9.17) is 4.98 Å². The summed E-state index contributed by atoms with van der Waals surface area (Å²) in [6, 6.07) is 12.3. The van der Waals surface area contributed by atoms with Crippen molar-refractivity contribution < 1.29 is 13.6 Å². The third-order valence-corrected chi connectivity index (χ3v) is 7.10. The van der Waals surface area contributed by atoms with Gasteiger partial charge in [-0.2, -0.15) is 0 Å². The molecule has 0 aliphatic carbocycles. The van der Waals surface area contributed by atoms with E-state index in [1.165, 1.54) is 22.9 Å². The first-order chi connectivity index (χ1) is 19.9. The van der Waals surface area contributed by atoms with Crippen LogP contribution < -0.4 is 16.2 Å². The van der Waals surface area contributed by atoms with E-state index in [9.17, 15) is 18.4 Å². The van der Waals surface area contributed by atoms with E-state index in [0.29, 0.717) is 11.6 Å². The van der Waals surface area contributed by atoms with Crippen LogP contribution in [0.2, 0.25) is 0 Å². The van der Waals surface area contributed by atoms with E-state index in [-0.39, 0.29) is 18.7 Å². The molecule has 1 aliphatic rings. The highest BCUT2D eigenvalue weighted by molar-refractivity contribution is 5.93. The number of hydrogen-bond acceptors (Lipinski definition) is 6. The molecule has 41 heavy (non-hydrogen) atoms. The first-order valence-corrected chi connectivity index (χ1v) is 13.6. The Morgan fingerprint density at radius 2 is 1.90 bits per heavy atom. The second-order valence-corrected chi connectivity index (χ2v) is 9.90. The topological polar surface area (TPSA) is 92.1 Å². The Bertz CT molecular complexity index is 1690. The third kappa shape index (κ3) is 6.94. The molecule has 3 heterocycles. The van der Waals surface area contributed by atoms with Gasteiger partial charge in [0, 0.05) is 30.9 Å². The maximum Gasteiger partial charge on any atom is 0.263 e. The minimum atomic E-state index is -0.998. The van der Waals surface area contributed by atoms with E-state index < -0.39 is 23.1 Å². The number of amides is 1. The molecule has 1 aliphatic heterocycles. The number of fused-ring (bicyclic) bond motifs is 1. The van der Waals surface area contributed by atoms with Crippen LogP contribution in [0.1, 0.15) is 41.3 Å². The van der Waals surface area contributed by atoms with Crippen LogP contribution in [0.5, 0.6) is 0 Å². The van der Waals surface area contributed by atoms with Gasteiger partial charge in [0.05, 0.1) is 30.3 Å². The average molecular weight is 557 g/mol. The maximum absolute atomic E-state index is 13.5. The van der Waals surface area contributed by atoms with Gasteiger partial charge in [-0.05, 0) is 67.4 Å². The van der Waals surface area contributed by atoms with Gasteiger partial charge >= 0.3 is 0 Å². The van der Waals surface area contributed by atoms with Gasteiger partial charge in [-0.15, -0.1) is 0 Å². The number of benzene rings is 2. The van der Waals surface area contributed by atoms with E-state index in [1.54, 1.807) is 12.3 Å². The highest BCUT2D eigenvalue weighted by Gasteiger charge is 2.18. The molecule has 0 bridgehead atoms. The Balaban J connectivity index is 1.20. The zero-order valence-corrected chi connectivity index (χ0v) is 22.7. The van der Waals surface area contributed by atoms with Crippen molar-refractivity contribution in [3.8, 4) is 11.8 Å². The monoisotopic (exact) mass is 556 g/mol. The first kappa shape index (κ1) is 27.9. The molecule has 0 unspecified atom stereocenters. The molecule has 2 aromatic heterocycles. The second kappa shape index (κ2) is 12.7. The quantitative estimate of drug-likeness (QED) is 0.337. The average Bonchev–Trinajstić information content (AvgIpc) is 2.98. The summed E-state index contributed by atoms with van der Waals surface area (Å²) >= 11 is 0. The number of piperidine rings is 1. The molecule has 10 heteroatoms. The molecular formula is C31H30F2N6O2. The largest absolute Gasteiger partial charge is 0.366 e. The number of nitrogens with one attached hydrogen (secondary N) is 2. The summed E-state index contributed by atoms with van der Waals surface area (Å²) in [5.74, 6) is 4.12. The molecule has 1 saturated heterocycles. The molecule has 0 radical (unpaired) electrons. The Morgan fingerprint density at radius 1 is 1.07 bits per heavy atom. The number of carbonyl (C=O) groups excluding carboxylic acids is 1. The van der Waals surface area contributed by atoms with Crippen molar-refractivity contribution in [1.82, 2.24) is 24.8 Å². The third-order valence-electron chi connectivity index (χ3n) is 7.10. The highest BCUT2D eigenvalue weighted by atomic mass is 19.2. The van der Waals surface area contributed by atoms with Crippen molar-refractivity contribution in [1.29, 1.82) is 0 Å². The van der Waals surface area contributed by atoms with Gasteiger partial charge in [0.1, 0.15) is 11.4 Å². The van der Waals surface area contributed by atoms with Crippen LogP contribution in [0.3, 0.4) is 0 Å². The number of likely N-dealkylation sites (tertiary alicyclic amines) is 1. The summed E-state index contributed by atoms with van der Waals surface area (Å²) in [6.45, 7) is 5.42. The maximum atomic E-state index is 13.5. The molecule has 8 nitrogen and oxygen atoms in total. The van der Waals surface area contributed by atoms with Crippen LogP contribution in [0, 0.1) is 23.5 Å². The molecule has 0 saturated carbocycles. The van der Waals surface area contributed by atoms with Crippen molar-refractivity contribution in [3.63, 3.8) is 0 Å². The van der Waals surface area contributed by atoms with Crippen LogP contribution in [0.4, 0.5) is 14.6 Å². The van der Waals surface area contributed by atoms with Crippen molar-refractivity contribution in [2.24, 2.45) is 0 Å². The lowest BCUT2D eigenvalue weighted by Crippen LogP contribution is -2.39. The SMILES string of the molecule is CCN1CCC(Nc2cnc3ccc(C#CCNC(=O)c4cccn(Cc5ccc(F)c(F)c5)c4=O)cc3n2)CC1. The summed E-state index contributed by atoms with van der Waals surface area (Å²) in [5.41, 5.74) is 1.99. The molecule has 1 amide bonds. The van der Waals surface area contributed by atoms with Gasteiger partial charge in [-0.25, -0.2) is 13.8 Å². The molecule has 0 atom stereocenters. The van der Waals surface area contributed by atoms with Gasteiger partial charge in [-0.1, -0.05) is 24.8 Å². The number of nitrogens with zero attached hydrogens (tertiary/aromatic N) is 4. The molecule has 2 aromatic carbocycles. The van der Waals surface area contributed by atoms with Gasteiger partial charge in [0.15, 0.2) is 11.6 Å². The molecule has 0 spiro atoms. The number of carbonyl (C=O) groups is 1. The van der Waals surface area contributed by atoms with Crippen LogP contribution in [-0.4, -0.2) is 57.6 Å². The normalized spacial score (nSPS) is 13.9. The fraction of sp³-hybridized carbons (Fsp3) is 0.290. The molecule has 4 aromatic rings. The summed E-state index contributed by atoms with van der Waals surface area (Å²) in [4.78, 5) is 37.1. The fourth-order valence-corrected chi connectivity index (χ4v) is 4.80. The lowest BCUT2D eigenvalue weighted by molar-refractivity contribution is 0.0956. The standard InChI is InChI=1S/C31H30F2N6O2/c1-2-38-15-11-23(12-16-38)36-29-19-35-27-10-8-21(18-28(27)37-29)5-3-13-34-30(40)24-6-4-14-39(31(24)41)20-22-7-9-25(32)26(33)17-22/h4,6-10,14,17-19,23H,2,11-13,15-16,20H2,1H3,(H,34,40)(H,36,37). The first-order valence-electron chi connectivity index (χ1n) is 13.6. The Morgan fingerprint density at radius 3 is 2.68 bits per heavy atom. The van der Waals surface area contributed by atoms with E-state index in [0.717, 1.165) is 67.0 Å². The van der Waals surface area contributed by atoms with Gasteiger partial charge < -0.3 is 20.1 Å². The number of pyridine rings is 1. The molecule has 5 rings (SSSR count). The fourth-order valence-electron chi connectivity index (χ4n) is 4.80. The Kier molecular flexibility index (Phi) is 8.65.